The average Bonchev–Trinajstić information content (AvgIpc) is 2.55. The molecule has 0 heterocycles. The van der Waals surface area contributed by atoms with Crippen LogP contribution in [0.4, 0.5) is 13.2 Å². The van der Waals surface area contributed by atoms with Crippen LogP contribution in [0.1, 0.15) is 63.5 Å². The molecule has 0 aliphatic carbocycles. The van der Waals surface area contributed by atoms with E-state index in [2.05, 4.69) is 6.92 Å². The fraction of sp³-hybridized carbons (Fsp3) is 0.684. The van der Waals surface area contributed by atoms with Crippen LogP contribution in [0, 0.1) is 0 Å². The quantitative estimate of drug-likeness (QED) is 0.509. The second-order valence-corrected chi connectivity index (χ2v) is 6.87. The van der Waals surface area contributed by atoms with Crippen LogP contribution in [0.3, 0.4) is 0 Å². The lowest BCUT2D eigenvalue weighted by molar-refractivity contribution is -0.139. The van der Waals surface area contributed by atoms with Crippen molar-refractivity contribution in [1.29, 1.82) is 0 Å². The van der Waals surface area contributed by atoms with E-state index in [1.54, 1.807) is 13.0 Å². The molecule has 0 radical (unpaired) electrons. The number of unbranched alkanes of at least 4 members (excludes halogenated alkanes) is 4. The van der Waals surface area contributed by atoms with Crippen LogP contribution < -0.4 is 10.5 Å². The lowest BCUT2D eigenvalue weighted by atomic mass is 9.94. The normalized spacial score (nSPS) is 13.8. The zero-order valence-electron chi connectivity index (χ0n) is 15.6. The monoisotopic (exact) mass is 397 g/mol. The highest BCUT2D eigenvalue weighted by atomic mass is 35.5. The second-order valence-electron chi connectivity index (χ2n) is 6.87. The highest BCUT2D eigenvalue weighted by molar-refractivity contribution is 5.85. The minimum atomic E-state index is -4.46. The van der Waals surface area contributed by atoms with Crippen LogP contribution in [0.5, 0.6) is 5.75 Å². The Bertz CT molecular complexity index is 522. The van der Waals surface area contributed by atoms with E-state index < -0.39 is 17.3 Å². The van der Waals surface area contributed by atoms with Crippen molar-refractivity contribution >= 4 is 12.4 Å². The Morgan fingerprint density at radius 2 is 1.77 bits per heavy atom. The molecule has 0 spiro atoms. The molecule has 0 saturated heterocycles. The molecule has 152 valence electrons. The Labute approximate surface area is 160 Å². The number of aliphatic hydroxyl groups excluding tert-OH is 1. The summed E-state index contributed by atoms with van der Waals surface area (Å²) in [5.41, 5.74) is 4.80. The molecule has 1 rings (SSSR count). The van der Waals surface area contributed by atoms with Gasteiger partial charge in [0.25, 0.3) is 0 Å². The summed E-state index contributed by atoms with van der Waals surface area (Å²) in [5.74, 6) is -0.0979. The van der Waals surface area contributed by atoms with Gasteiger partial charge in [0.1, 0.15) is 5.75 Å². The van der Waals surface area contributed by atoms with Gasteiger partial charge in [-0.15, -0.1) is 12.4 Å². The summed E-state index contributed by atoms with van der Waals surface area (Å²) in [7, 11) is 0. The molecular weight excluding hydrogens is 367 g/mol. The summed E-state index contributed by atoms with van der Waals surface area (Å²) in [4.78, 5) is 0. The number of alkyl halides is 3. The molecule has 0 aromatic heterocycles. The van der Waals surface area contributed by atoms with Gasteiger partial charge in [0.15, 0.2) is 0 Å². The van der Waals surface area contributed by atoms with E-state index >= 15 is 0 Å². The number of hydrogen-bond acceptors (Lipinski definition) is 3. The maximum absolute atomic E-state index is 13.3. The molecule has 0 aliphatic rings. The van der Waals surface area contributed by atoms with Crippen molar-refractivity contribution in [3.63, 3.8) is 0 Å². The van der Waals surface area contributed by atoms with Crippen LogP contribution >= 0.6 is 12.4 Å². The van der Waals surface area contributed by atoms with E-state index in [0.717, 1.165) is 38.2 Å². The zero-order valence-corrected chi connectivity index (χ0v) is 16.4. The summed E-state index contributed by atoms with van der Waals surface area (Å²) < 4.78 is 45.5. The molecule has 1 unspecified atom stereocenters. The maximum atomic E-state index is 13.3. The Morgan fingerprint density at radius 1 is 1.12 bits per heavy atom. The van der Waals surface area contributed by atoms with Crippen LogP contribution in [-0.2, 0) is 12.6 Å². The molecule has 0 amide bonds. The van der Waals surface area contributed by atoms with Crippen molar-refractivity contribution in [3.8, 4) is 5.75 Å². The van der Waals surface area contributed by atoms with Gasteiger partial charge < -0.3 is 15.6 Å². The van der Waals surface area contributed by atoms with Gasteiger partial charge in [-0.1, -0.05) is 44.7 Å². The number of aliphatic hydroxyl groups is 1. The minimum Gasteiger partial charge on any atom is -0.493 e. The van der Waals surface area contributed by atoms with Crippen molar-refractivity contribution in [3.05, 3.63) is 29.3 Å². The van der Waals surface area contributed by atoms with Crippen molar-refractivity contribution in [2.75, 3.05) is 13.2 Å². The first kappa shape index (κ1) is 25.0. The number of halogens is 4. The van der Waals surface area contributed by atoms with Gasteiger partial charge in [-0.25, -0.2) is 0 Å². The van der Waals surface area contributed by atoms with Gasteiger partial charge in [0.2, 0.25) is 0 Å². The fourth-order valence-corrected chi connectivity index (χ4v) is 2.55. The van der Waals surface area contributed by atoms with Crippen molar-refractivity contribution in [1.82, 2.24) is 0 Å². The third-order valence-electron chi connectivity index (χ3n) is 4.22. The first-order valence-electron chi connectivity index (χ1n) is 8.93. The van der Waals surface area contributed by atoms with Crippen molar-refractivity contribution in [2.45, 2.75) is 70.5 Å². The number of hydrogen-bond donors (Lipinski definition) is 2. The molecule has 0 fully saturated rings. The van der Waals surface area contributed by atoms with Gasteiger partial charge >= 0.3 is 6.18 Å². The number of aryl methyl sites for hydroxylation is 1. The molecular formula is C19H31ClF3NO2. The minimum absolute atomic E-state index is 0. The summed E-state index contributed by atoms with van der Waals surface area (Å²) in [6, 6.07) is 4.07. The molecule has 0 saturated carbocycles. The summed E-state index contributed by atoms with van der Waals surface area (Å²) >= 11 is 0. The number of ether oxygens (including phenoxy) is 1. The lowest BCUT2D eigenvalue weighted by Crippen LogP contribution is -2.40. The number of nitrogens with two attached hydrogens (primary N) is 1. The Morgan fingerprint density at radius 3 is 2.35 bits per heavy atom. The summed E-state index contributed by atoms with van der Waals surface area (Å²) in [5, 5.41) is 9.23. The highest BCUT2D eigenvalue weighted by Crippen LogP contribution is 2.39. The Hall–Kier alpha value is -0.980. The van der Waals surface area contributed by atoms with Crippen LogP contribution in [0.2, 0.25) is 0 Å². The molecule has 3 nitrogen and oxygen atoms in total. The Kier molecular flexibility index (Phi) is 11.2. The van der Waals surface area contributed by atoms with Crippen LogP contribution in [0.15, 0.2) is 18.2 Å². The lowest BCUT2D eigenvalue weighted by Gasteiger charge is -2.23. The average molecular weight is 398 g/mol. The molecule has 0 bridgehead atoms. The fourth-order valence-electron chi connectivity index (χ4n) is 2.55. The molecule has 3 N–H and O–H groups in total. The molecule has 1 aromatic carbocycles. The smallest absolute Gasteiger partial charge is 0.419 e. The third-order valence-corrected chi connectivity index (χ3v) is 4.22. The van der Waals surface area contributed by atoms with Crippen molar-refractivity contribution < 1.29 is 23.0 Å². The second kappa shape index (κ2) is 11.7. The third kappa shape index (κ3) is 8.60. The van der Waals surface area contributed by atoms with Gasteiger partial charge in [-0.3, -0.25) is 0 Å². The Balaban J connectivity index is 0.00000625. The zero-order chi connectivity index (χ0) is 18.9. The van der Waals surface area contributed by atoms with E-state index in [9.17, 15) is 18.3 Å². The molecule has 1 atom stereocenters. The standard InChI is InChI=1S/C19H30F3NO2.ClH/c1-3-4-5-6-7-13-25-17-15(11-12-18(2,23)14-24)9-8-10-16(17)19(20,21)22;/h8-10,24H,3-7,11-14,23H2,1-2H3;1H. The summed E-state index contributed by atoms with van der Waals surface area (Å²) in [6.07, 6.45) is 1.22. The molecule has 7 heteroatoms. The number of para-hydroxylation sites is 1. The van der Waals surface area contributed by atoms with E-state index in [-0.39, 0.29) is 31.4 Å². The largest absolute Gasteiger partial charge is 0.493 e. The predicted octanol–water partition coefficient (Wildman–Crippen LogP) is 5.12. The topological polar surface area (TPSA) is 55.5 Å². The molecule has 1 aromatic rings. The SMILES string of the molecule is CCCCCCCOc1c(CCC(C)(N)CO)cccc1C(F)(F)F.Cl. The van der Waals surface area contributed by atoms with E-state index in [4.69, 9.17) is 10.5 Å². The van der Waals surface area contributed by atoms with Gasteiger partial charge in [0, 0.05) is 5.54 Å². The van der Waals surface area contributed by atoms with Crippen molar-refractivity contribution in [2.24, 2.45) is 5.73 Å². The summed E-state index contributed by atoms with van der Waals surface area (Å²) in [6.45, 7) is 3.83. The van der Waals surface area contributed by atoms with Crippen LogP contribution in [-0.4, -0.2) is 23.9 Å². The van der Waals surface area contributed by atoms with Gasteiger partial charge in [0.05, 0.1) is 18.8 Å². The van der Waals surface area contributed by atoms with E-state index in [1.165, 1.54) is 6.07 Å². The van der Waals surface area contributed by atoms with E-state index in [0.29, 0.717) is 18.4 Å². The predicted molar refractivity (Wildman–Crippen MR) is 101 cm³/mol. The number of benzene rings is 1. The molecule has 26 heavy (non-hydrogen) atoms. The van der Waals surface area contributed by atoms with Crippen LogP contribution in [0.25, 0.3) is 0 Å². The molecule has 0 aliphatic heterocycles. The maximum Gasteiger partial charge on any atom is 0.419 e. The van der Waals surface area contributed by atoms with Gasteiger partial charge in [-0.2, -0.15) is 13.2 Å². The number of rotatable bonds is 11. The van der Waals surface area contributed by atoms with E-state index in [1.807, 2.05) is 0 Å². The van der Waals surface area contributed by atoms with Gasteiger partial charge in [-0.05, 0) is 37.8 Å². The first-order valence-corrected chi connectivity index (χ1v) is 8.93. The first-order chi connectivity index (χ1) is 11.7. The highest BCUT2D eigenvalue weighted by Gasteiger charge is 2.35.